The fourth-order valence-electron chi connectivity index (χ4n) is 1.85. The summed E-state index contributed by atoms with van der Waals surface area (Å²) in [6, 6.07) is 12.7. The standard InChI is InChI=1S/C16H17BrO2/c1-16(2,3)14-8-7-13(10-15(14)17)19-12-6-4-5-11(18)9-12/h4-10,18H,1-3H3. The summed E-state index contributed by atoms with van der Waals surface area (Å²) in [5.74, 6) is 1.56. The predicted octanol–water partition coefficient (Wildman–Crippen LogP) is 5.24. The van der Waals surface area contributed by atoms with Gasteiger partial charge in [-0.15, -0.1) is 0 Å². The van der Waals surface area contributed by atoms with Crippen molar-refractivity contribution in [3.8, 4) is 17.2 Å². The van der Waals surface area contributed by atoms with Gasteiger partial charge >= 0.3 is 0 Å². The molecule has 0 aromatic heterocycles. The molecule has 1 N–H and O–H groups in total. The van der Waals surface area contributed by atoms with Crippen LogP contribution in [0.3, 0.4) is 0 Å². The van der Waals surface area contributed by atoms with Gasteiger partial charge in [-0.25, -0.2) is 0 Å². The van der Waals surface area contributed by atoms with E-state index in [-0.39, 0.29) is 11.2 Å². The Balaban J connectivity index is 2.26. The van der Waals surface area contributed by atoms with E-state index in [0.717, 1.165) is 10.2 Å². The Morgan fingerprint density at radius 3 is 2.26 bits per heavy atom. The highest BCUT2D eigenvalue weighted by atomic mass is 79.9. The number of phenolic OH excluding ortho intramolecular Hbond substituents is 1. The SMILES string of the molecule is CC(C)(C)c1ccc(Oc2cccc(O)c2)cc1Br. The lowest BCUT2D eigenvalue weighted by atomic mass is 9.87. The zero-order valence-corrected chi connectivity index (χ0v) is 12.9. The Kier molecular flexibility index (Phi) is 3.85. The van der Waals surface area contributed by atoms with Crippen LogP contribution in [0.1, 0.15) is 26.3 Å². The van der Waals surface area contributed by atoms with Crippen molar-refractivity contribution in [2.24, 2.45) is 0 Å². The molecule has 0 saturated heterocycles. The van der Waals surface area contributed by atoms with Gasteiger partial charge in [-0.05, 0) is 35.2 Å². The lowest BCUT2D eigenvalue weighted by Gasteiger charge is -2.21. The number of halogens is 1. The van der Waals surface area contributed by atoms with Crippen LogP contribution in [0.5, 0.6) is 17.2 Å². The van der Waals surface area contributed by atoms with Crippen molar-refractivity contribution in [1.82, 2.24) is 0 Å². The van der Waals surface area contributed by atoms with Gasteiger partial charge in [-0.3, -0.25) is 0 Å². The van der Waals surface area contributed by atoms with E-state index in [0.29, 0.717) is 5.75 Å². The minimum Gasteiger partial charge on any atom is -0.508 e. The number of rotatable bonds is 2. The number of benzene rings is 2. The molecule has 0 aliphatic heterocycles. The second-order valence-electron chi connectivity index (χ2n) is 5.49. The van der Waals surface area contributed by atoms with E-state index in [9.17, 15) is 5.11 Å². The Bertz CT molecular complexity index is 586. The normalized spacial score (nSPS) is 11.4. The molecule has 100 valence electrons. The third-order valence-electron chi connectivity index (χ3n) is 2.80. The van der Waals surface area contributed by atoms with E-state index < -0.39 is 0 Å². The van der Waals surface area contributed by atoms with Crippen LogP contribution < -0.4 is 4.74 Å². The van der Waals surface area contributed by atoms with Crippen molar-refractivity contribution in [2.45, 2.75) is 26.2 Å². The maximum Gasteiger partial charge on any atom is 0.131 e. The van der Waals surface area contributed by atoms with Crippen LogP contribution in [-0.2, 0) is 5.41 Å². The summed E-state index contributed by atoms with van der Waals surface area (Å²) >= 11 is 3.58. The summed E-state index contributed by atoms with van der Waals surface area (Å²) in [5.41, 5.74) is 1.32. The van der Waals surface area contributed by atoms with Gasteiger partial charge in [0.1, 0.15) is 17.2 Å². The fourth-order valence-corrected chi connectivity index (χ4v) is 2.80. The van der Waals surface area contributed by atoms with Gasteiger partial charge in [0.05, 0.1) is 0 Å². The molecule has 0 aliphatic carbocycles. The lowest BCUT2D eigenvalue weighted by molar-refractivity contribution is 0.454. The van der Waals surface area contributed by atoms with Crippen LogP contribution in [0.2, 0.25) is 0 Å². The smallest absolute Gasteiger partial charge is 0.131 e. The topological polar surface area (TPSA) is 29.5 Å². The molecule has 0 amide bonds. The number of hydrogen-bond donors (Lipinski definition) is 1. The Morgan fingerprint density at radius 2 is 1.68 bits per heavy atom. The molecule has 0 fully saturated rings. The largest absolute Gasteiger partial charge is 0.508 e. The third-order valence-corrected chi connectivity index (χ3v) is 3.46. The predicted molar refractivity (Wildman–Crippen MR) is 81.0 cm³/mol. The maximum atomic E-state index is 9.41. The Morgan fingerprint density at radius 1 is 1.00 bits per heavy atom. The molecule has 0 unspecified atom stereocenters. The van der Waals surface area contributed by atoms with Crippen LogP contribution in [-0.4, -0.2) is 5.11 Å². The van der Waals surface area contributed by atoms with Crippen molar-refractivity contribution < 1.29 is 9.84 Å². The van der Waals surface area contributed by atoms with E-state index >= 15 is 0 Å². The summed E-state index contributed by atoms with van der Waals surface area (Å²) in [6.07, 6.45) is 0. The van der Waals surface area contributed by atoms with Crippen molar-refractivity contribution in [3.05, 3.63) is 52.5 Å². The van der Waals surface area contributed by atoms with Crippen LogP contribution in [0.4, 0.5) is 0 Å². The van der Waals surface area contributed by atoms with E-state index in [1.165, 1.54) is 5.56 Å². The molecule has 0 saturated carbocycles. The highest BCUT2D eigenvalue weighted by molar-refractivity contribution is 9.10. The Labute approximate surface area is 122 Å². The molecule has 2 aromatic rings. The van der Waals surface area contributed by atoms with E-state index in [1.807, 2.05) is 18.2 Å². The first kappa shape index (κ1) is 13.9. The molecule has 0 bridgehead atoms. The summed E-state index contributed by atoms with van der Waals surface area (Å²) in [7, 11) is 0. The average Bonchev–Trinajstić information content (AvgIpc) is 2.27. The molecule has 2 aromatic carbocycles. The van der Waals surface area contributed by atoms with Gasteiger partial charge in [-0.2, -0.15) is 0 Å². The summed E-state index contributed by atoms with van der Waals surface area (Å²) in [5, 5.41) is 9.41. The molecule has 0 atom stereocenters. The molecule has 2 rings (SSSR count). The first-order valence-corrected chi connectivity index (χ1v) is 6.92. The number of aromatic hydroxyl groups is 1. The van der Waals surface area contributed by atoms with Crippen molar-refractivity contribution >= 4 is 15.9 Å². The van der Waals surface area contributed by atoms with Gasteiger partial charge in [0.25, 0.3) is 0 Å². The first-order chi connectivity index (χ1) is 8.86. The van der Waals surface area contributed by atoms with Gasteiger partial charge in [0.15, 0.2) is 0 Å². The number of hydrogen-bond acceptors (Lipinski definition) is 2. The quantitative estimate of drug-likeness (QED) is 0.819. The van der Waals surface area contributed by atoms with Gasteiger partial charge in [0, 0.05) is 10.5 Å². The molecular weight excluding hydrogens is 304 g/mol. The van der Waals surface area contributed by atoms with Gasteiger partial charge in [-0.1, -0.05) is 48.8 Å². The summed E-state index contributed by atoms with van der Waals surface area (Å²) in [4.78, 5) is 0. The molecule has 3 heteroatoms. The van der Waals surface area contributed by atoms with E-state index in [2.05, 4.69) is 42.8 Å². The second-order valence-corrected chi connectivity index (χ2v) is 6.35. The van der Waals surface area contributed by atoms with E-state index in [4.69, 9.17) is 4.74 Å². The number of ether oxygens (including phenoxy) is 1. The average molecular weight is 321 g/mol. The zero-order chi connectivity index (χ0) is 14.0. The molecule has 0 heterocycles. The van der Waals surface area contributed by atoms with Gasteiger partial charge < -0.3 is 9.84 Å². The Hall–Kier alpha value is -1.48. The molecule has 0 aliphatic rings. The van der Waals surface area contributed by atoms with Crippen molar-refractivity contribution in [3.63, 3.8) is 0 Å². The lowest BCUT2D eigenvalue weighted by Crippen LogP contribution is -2.11. The van der Waals surface area contributed by atoms with Crippen LogP contribution in [0, 0.1) is 0 Å². The monoisotopic (exact) mass is 320 g/mol. The van der Waals surface area contributed by atoms with Gasteiger partial charge in [0.2, 0.25) is 0 Å². The minimum atomic E-state index is 0.0857. The fraction of sp³-hybridized carbons (Fsp3) is 0.250. The molecule has 0 radical (unpaired) electrons. The second kappa shape index (κ2) is 5.25. The molecule has 0 spiro atoms. The highest BCUT2D eigenvalue weighted by Crippen LogP contribution is 2.34. The minimum absolute atomic E-state index is 0.0857. The number of phenols is 1. The molecule has 19 heavy (non-hydrogen) atoms. The van der Waals surface area contributed by atoms with Crippen molar-refractivity contribution in [1.29, 1.82) is 0 Å². The summed E-state index contributed by atoms with van der Waals surface area (Å²) < 4.78 is 6.74. The van der Waals surface area contributed by atoms with Crippen LogP contribution >= 0.6 is 15.9 Å². The third kappa shape index (κ3) is 3.51. The van der Waals surface area contributed by atoms with Crippen LogP contribution in [0.25, 0.3) is 0 Å². The molecule has 2 nitrogen and oxygen atoms in total. The van der Waals surface area contributed by atoms with Crippen molar-refractivity contribution in [2.75, 3.05) is 0 Å². The summed E-state index contributed by atoms with van der Waals surface area (Å²) in [6.45, 7) is 6.51. The zero-order valence-electron chi connectivity index (χ0n) is 11.3. The van der Waals surface area contributed by atoms with Crippen LogP contribution in [0.15, 0.2) is 46.9 Å². The highest BCUT2D eigenvalue weighted by Gasteiger charge is 2.17. The van der Waals surface area contributed by atoms with E-state index in [1.54, 1.807) is 18.2 Å². The maximum absolute atomic E-state index is 9.41. The first-order valence-electron chi connectivity index (χ1n) is 6.13. The molecular formula is C16H17BrO2.